The summed E-state index contributed by atoms with van der Waals surface area (Å²) >= 11 is 0. The highest BCUT2D eigenvalue weighted by Crippen LogP contribution is 2.52. The topological polar surface area (TPSA) is 239 Å². The van der Waals surface area contributed by atoms with Gasteiger partial charge in [-0.05, 0) is 79.4 Å². The van der Waals surface area contributed by atoms with Gasteiger partial charge in [0.25, 0.3) is 0 Å². The summed E-state index contributed by atoms with van der Waals surface area (Å²) in [5.74, 6) is -3.46. The number of phosphoric acid groups is 1. The summed E-state index contributed by atoms with van der Waals surface area (Å²) in [6.45, 7) is 14.8. The van der Waals surface area contributed by atoms with Gasteiger partial charge in [0.05, 0.1) is 35.0 Å². The molecule has 1 aliphatic heterocycles. The van der Waals surface area contributed by atoms with Crippen LogP contribution in [-0.2, 0) is 66.6 Å². The van der Waals surface area contributed by atoms with Crippen LogP contribution in [0.2, 0.25) is 0 Å². The lowest BCUT2D eigenvalue weighted by Crippen LogP contribution is -2.48. The van der Waals surface area contributed by atoms with Crippen LogP contribution in [0.5, 0.6) is 0 Å². The quantitative estimate of drug-likeness (QED) is 0.0546. The number of carbonyl (C=O) groups excluding carboxylic acids is 4. The van der Waals surface area contributed by atoms with Crippen LogP contribution in [0.4, 0.5) is 5.82 Å². The lowest BCUT2D eigenvalue weighted by molar-refractivity contribution is -0.179. The number of anilines is 1. The van der Waals surface area contributed by atoms with Crippen LogP contribution in [0, 0.1) is 34.0 Å². The first-order chi connectivity index (χ1) is 27.7. The molecule has 0 aliphatic carbocycles. The molecule has 59 heavy (non-hydrogen) atoms. The molecule has 19 heteroatoms. The Labute approximate surface area is 346 Å². The van der Waals surface area contributed by atoms with Crippen molar-refractivity contribution >= 4 is 43.0 Å². The fraction of sp³-hybridized carbons (Fsp3) is 0.725. The van der Waals surface area contributed by atoms with Gasteiger partial charge in [-0.2, -0.15) is 10.4 Å². The summed E-state index contributed by atoms with van der Waals surface area (Å²) in [4.78, 5) is 57.0. The number of nitrogens with two attached hydrogens (primary N) is 1. The minimum Gasteiger partial charge on any atom is -0.455 e. The fourth-order valence-electron chi connectivity index (χ4n) is 6.36. The molecule has 1 aliphatic rings. The number of hydrogen-bond donors (Lipinski definition) is 1. The largest absolute Gasteiger partial charge is 0.480 e. The molecule has 330 valence electrons. The number of esters is 4. The van der Waals surface area contributed by atoms with E-state index in [1.54, 1.807) is 41.5 Å². The molecule has 3 rings (SSSR count). The third-order valence-corrected chi connectivity index (χ3v) is 10.9. The first-order valence-corrected chi connectivity index (χ1v) is 21.6. The highest BCUT2D eigenvalue weighted by Gasteiger charge is 2.63. The van der Waals surface area contributed by atoms with Crippen molar-refractivity contribution in [1.29, 1.82) is 5.26 Å². The van der Waals surface area contributed by atoms with E-state index < -0.39 is 98.5 Å². The van der Waals surface area contributed by atoms with Gasteiger partial charge in [0.2, 0.25) is 19.2 Å². The van der Waals surface area contributed by atoms with Crippen LogP contribution in [0.15, 0.2) is 18.5 Å². The third kappa shape index (κ3) is 12.7. The van der Waals surface area contributed by atoms with E-state index in [1.165, 1.54) is 16.6 Å². The number of hydrogen-bond acceptors (Lipinski definition) is 17. The number of nitriles is 1. The first-order valence-electron chi connectivity index (χ1n) is 20.2. The number of aromatic nitrogens is 3. The number of nitrogen functional groups attached to an aromatic ring is 1. The van der Waals surface area contributed by atoms with Crippen molar-refractivity contribution in [3.05, 3.63) is 24.2 Å². The van der Waals surface area contributed by atoms with Crippen molar-refractivity contribution in [1.82, 2.24) is 14.6 Å². The van der Waals surface area contributed by atoms with Crippen LogP contribution in [-0.4, -0.2) is 77.0 Å². The Morgan fingerprint density at radius 3 is 1.80 bits per heavy atom. The lowest BCUT2D eigenvalue weighted by Gasteiger charge is -2.31. The number of nitrogens with zero attached hydrogens (tertiary/aromatic N) is 4. The number of fused-ring (bicyclic) bond motifs is 1. The van der Waals surface area contributed by atoms with Crippen molar-refractivity contribution in [2.45, 2.75) is 145 Å². The van der Waals surface area contributed by atoms with Crippen molar-refractivity contribution in [2.24, 2.45) is 22.7 Å². The van der Waals surface area contributed by atoms with Crippen molar-refractivity contribution in [3.8, 4) is 6.07 Å². The van der Waals surface area contributed by atoms with E-state index in [1.807, 2.05) is 27.7 Å². The minimum atomic E-state index is -4.84. The van der Waals surface area contributed by atoms with Gasteiger partial charge in [-0.3, -0.25) is 23.7 Å². The lowest BCUT2D eigenvalue weighted by atomic mass is 9.90. The maximum Gasteiger partial charge on any atom is 0.480 e. The standard InChI is InChI=1S/C40H62N5O13P/c1-11-15-26(16-12-2)34(46)51-24-54-59(50,55-25-52-35(47)27(17-13-3)18-14-4)53-21-29-31(56-36(48)38(5,6)7)32(57-37(49)39(8,9)10)40(22-41,58-29)30-20-19-28-33(42)43-23-44-45(28)30/h19-20,23,26-27,29,31-32H,11-18,21,24-25H2,1-10H3,(H2,42,43,44)/t29-,31-,32-,40+/m1/s1. The molecule has 0 bridgehead atoms. The molecular weight excluding hydrogens is 789 g/mol. The number of ether oxygens (including phenoxy) is 5. The predicted octanol–water partition coefficient (Wildman–Crippen LogP) is 6.94. The van der Waals surface area contributed by atoms with Crippen LogP contribution in [0.3, 0.4) is 0 Å². The average Bonchev–Trinajstić information content (AvgIpc) is 3.73. The smallest absolute Gasteiger partial charge is 0.455 e. The Hall–Kier alpha value is -4.14. The van der Waals surface area contributed by atoms with Crippen LogP contribution in [0.25, 0.3) is 5.52 Å². The molecule has 4 atom stereocenters. The van der Waals surface area contributed by atoms with Crippen molar-refractivity contribution in [2.75, 3.05) is 25.9 Å². The van der Waals surface area contributed by atoms with E-state index in [0.29, 0.717) is 31.2 Å². The molecule has 0 radical (unpaired) electrons. The molecule has 0 aromatic carbocycles. The summed E-state index contributed by atoms with van der Waals surface area (Å²) < 4.78 is 61.4. The molecule has 0 amide bonds. The Kier molecular flexibility index (Phi) is 17.9. The second-order valence-corrected chi connectivity index (χ2v) is 18.2. The van der Waals surface area contributed by atoms with Gasteiger partial charge in [-0.1, -0.05) is 53.4 Å². The molecule has 2 aromatic rings. The zero-order chi connectivity index (χ0) is 44.2. The van der Waals surface area contributed by atoms with Crippen molar-refractivity contribution < 1.29 is 61.0 Å². The molecule has 3 heterocycles. The first kappa shape index (κ1) is 49.2. The van der Waals surface area contributed by atoms with E-state index in [-0.39, 0.29) is 11.5 Å². The monoisotopic (exact) mass is 851 g/mol. The van der Waals surface area contributed by atoms with Gasteiger partial charge >= 0.3 is 31.7 Å². The zero-order valence-corrected chi connectivity index (χ0v) is 36.9. The zero-order valence-electron chi connectivity index (χ0n) is 36.0. The van der Waals surface area contributed by atoms with Gasteiger partial charge in [0.1, 0.15) is 24.0 Å². The second kappa shape index (κ2) is 21.4. The van der Waals surface area contributed by atoms with Gasteiger partial charge in [0.15, 0.2) is 18.0 Å². The predicted molar refractivity (Wildman–Crippen MR) is 212 cm³/mol. The second-order valence-electron chi connectivity index (χ2n) is 16.6. The summed E-state index contributed by atoms with van der Waals surface area (Å²) in [6, 6.07) is 5.12. The Balaban J connectivity index is 2.07. The SMILES string of the molecule is CCCC(CCC)C(=O)OCOP(=O)(OCOC(=O)C(CCC)CCC)OC[C@H]1O[C@@](C#N)(c2ccc3c(N)ncnn23)[C@H](OC(=O)C(C)(C)C)[C@@H]1OC(=O)C(C)(C)C. The van der Waals surface area contributed by atoms with Gasteiger partial charge < -0.3 is 29.4 Å². The van der Waals surface area contributed by atoms with E-state index in [9.17, 15) is 29.0 Å². The summed E-state index contributed by atoms with van der Waals surface area (Å²) in [5.41, 5.74) is 1.99. The van der Waals surface area contributed by atoms with Gasteiger partial charge in [0, 0.05) is 0 Å². The van der Waals surface area contributed by atoms with Crippen molar-refractivity contribution in [3.63, 3.8) is 0 Å². The summed E-state index contributed by atoms with van der Waals surface area (Å²) in [6.07, 6.45) is 1.58. The van der Waals surface area contributed by atoms with E-state index >= 15 is 0 Å². The Morgan fingerprint density at radius 2 is 1.34 bits per heavy atom. The summed E-state index contributed by atoms with van der Waals surface area (Å²) in [5, 5.41) is 15.3. The van der Waals surface area contributed by atoms with Gasteiger partial charge in [-0.25, -0.2) is 23.1 Å². The summed E-state index contributed by atoms with van der Waals surface area (Å²) in [7, 11) is -4.84. The molecule has 1 saturated heterocycles. The average molecular weight is 852 g/mol. The number of carbonyl (C=O) groups is 4. The maximum atomic E-state index is 14.3. The normalized spacial score (nSPS) is 19.8. The fourth-order valence-corrected chi connectivity index (χ4v) is 7.28. The highest BCUT2D eigenvalue weighted by atomic mass is 31.2. The van der Waals surface area contributed by atoms with E-state index in [4.69, 9.17) is 43.0 Å². The minimum absolute atomic E-state index is 0.0343. The molecule has 0 spiro atoms. The highest BCUT2D eigenvalue weighted by molar-refractivity contribution is 7.48. The molecule has 2 aromatic heterocycles. The third-order valence-electron chi connectivity index (χ3n) is 9.57. The van der Waals surface area contributed by atoms with Crippen LogP contribution < -0.4 is 5.73 Å². The van der Waals surface area contributed by atoms with E-state index in [2.05, 4.69) is 16.2 Å². The van der Waals surface area contributed by atoms with Gasteiger partial charge in [-0.15, -0.1) is 0 Å². The van der Waals surface area contributed by atoms with E-state index in [0.717, 1.165) is 32.0 Å². The Bertz CT molecular complexity index is 1780. The molecule has 2 N–H and O–H groups in total. The number of phosphoric ester groups is 1. The maximum absolute atomic E-state index is 14.3. The van der Waals surface area contributed by atoms with Crippen LogP contribution in [0.1, 0.15) is 126 Å². The molecule has 0 unspecified atom stereocenters. The molecule has 0 saturated carbocycles. The Morgan fingerprint density at radius 1 is 0.847 bits per heavy atom. The molecular formula is C40H62N5O13P. The molecule has 18 nitrogen and oxygen atoms in total. The van der Waals surface area contributed by atoms with Crippen LogP contribution >= 0.6 is 7.82 Å². The number of rotatable bonds is 22. The molecule has 1 fully saturated rings.